The summed E-state index contributed by atoms with van der Waals surface area (Å²) in [5.41, 5.74) is 0.151. The zero-order valence-corrected chi connectivity index (χ0v) is 21.4. The maximum Gasteiger partial charge on any atom is 0.405 e. The van der Waals surface area contributed by atoms with E-state index in [9.17, 15) is 31.2 Å². The first kappa shape index (κ1) is 26.8. The molecule has 2 aromatic carbocycles. The van der Waals surface area contributed by atoms with Crippen LogP contribution in [0, 0.1) is 0 Å². The number of urea groups is 1. The molecule has 2 heterocycles. The maximum absolute atomic E-state index is 13.0. The summed E-state index contributed by atoms with van der Waals surface area (Å²) in [7, 11) is -4.13. The molecule has 2 amide bonds. The Morgan fingerprint density at radius 3 is 2.38 bits per heavy atom. The van der Waals surface area contributed by atoms with Crippen molar-refractivity contribution in [2.75, 3.05) is 17.2 Å². The average Bonchev–Trinajstić information content (AvgIpc) is 3.25. The molecule has 0 aliphatic heterocycles. The van der Waals surface area contributed by atoms with E-state index in [1.54, 1.807) is 6.07 Å². The Balaban J connectivity index is 1.53. The van der Waals surface area contributed by atoms with E-state index in [0.717, 1.165) is 11.3 Å². The topological polar surface area (TPSA) is 109 Å². The van der Waals surface area contributed by atoms with Crippen molar-refractivity contribution in [1.29, 1.82) is 0 Å². The van der Waals surface area contributed by atoms with Gasteiger partial charge in [0.15, 0.2) is 0 Å². The van der Waals surface area contributed by atoms with E-state index >= 15 is 0 Å². The Bertz CT molecular complexity index is 1670. The molecule has 0 unspecified atom stereocenters. The molecule has 37 heavy (non-hydrogen) atoms. The average molecular weight is 591 g/mol. The number of carbonyl (C=O) groups excluding carboxylic acids is 1. The van der Waals surface area contributed by atoms with E-state index in [2.05, 4.69) is 10.6 Å². The van der Waals surface area contributed by atoms with E-state index < -0.39 is 34.3 Å². The number of halogens is 5. The summed E-state index contributed by atoms with van der Waals surface area (Å²) in [4.78, 5) is 25.2. The van der Waals surface area contributed by atoms with Crippen LogP contribution in [0.4, 0.5) is 29.3 Å². The number of benzene rings is 2. The van der Waals surface area contributed by atoms with Crippen LogP contribution >= 0.6 is 34.5 Å². The van der Waals surface area contributed by atoms with Crippen molar-refractivity contribution in [1.82, 2.24) is 9.29 Å². The second-order valence-electron chi connectivity index (χ2n) is 7.55. The molecule has 0 saturated heterocycles. The number of nitrogens with one attached hydrogen (secondary N) is 3. The number of rotatable bonds is 6. The fourth-order valence-corrected chi connectivity index (χ4v) is 5.96. The zero-order chi connectivity index (χ0) is 27.0. The zero-order valence-electron chi connectivity index (χ0n) is 18.3. The number of anilines is 2. The molecule has 0 aliphatic carbocycles. The third kappa shape index (κ3) is 6.36. The smallest absolute Gasteiger partial charge is 0.376 e. The van der Waals surface area contributed by atoms with Gasteiger partial charge in [0.1, 0.15) is 10.8 Å². The molecule has 3 N–H and O–H groups in total. The first-order valence-corrected chi connectivity index (χ1v) is 13.2. The van der Waals surface area contributed by atoms with Gasteiger partial charge in [-0.25, -0.2) is 17.9 Å². The van der Waals surface area contributed by atoms with Crippen molar-refractivity contribution < 1.29 is 26.4 Å². The fourth-order valence-electron chi connectivity index (χ4n) is 3.30. The minimum absolute atomic E-state index is 0.0654. The Morgan fingerprint density at radius 2 is 1.73 bits per heavy atom. The van der Waals surface area contributed by atoms with Gasteiger partial charge in [0, 0.05) is 23.0 Å². The number of hydrogen-bond acceptors (Lipinski definition) is 6. The number of alkyl halides is 3. The Labute approximate surface area is 221 Å². The SMILES string of the molecule is O=C(Nc1ccc(-n2ccc3cc(NCC(F)(F)F)ccc3c2=O)c(Cl)c1)NS(=O)(=O)c1ccc(Cl)s1. The van der Waals surface area contributed by atoms with Crippen LogP contribution in [0.2, 0.25) is 9.36 Å². The molecule has 8 nitrogen and oxygen atoms in total. The summed E-state index contributed by atoms with van der Waals surface area (Å²) in [6.45, 7) is -1.21. The molecule has 0 spiro atoms. The van der Waals surface area contributed by atoms with Crippen molar-refractivity contribution in [3.63, 3.8) is 0 Å². The van der Waals surface area contributed by atoms with Crippen molar-refractivity contribution in [3.05, 3.63) is 80.5 Å². The molecule has 0 bridgehead atoms. The number of nitrogens with zero attached hydrogens (tertiary/aromatic N) is 1. The van der Waals surface area contributed by atoms with E-state index in [1.165, 1.54) is 59.3 Å². The first-order chi connectivity index (χ1) is 17.3. The molecule has 15 heteroatoms. The maximum atomic E-state index is 13.0. The second kappa shape index (κ2) is 10.2. The minimum atomic E-state index is -4.39. The monoisotopic (exact) mass is 590 g/mol. The lowest BCUT2D eigenvalue weighted by Crippen LogP contribution is -2.33. The lowest BCUT2D eigenvalue weighted by molar-refractivity contribution is -0.115. The van der Waals surface area contributed by atoms with Gasteiger partial charge < -0.3 is 10.6 Å². The van der Waals surface area contributed by atoms with Crippen LogP contribution in [-0.4, -0.2) is 31.7 Å². The van der Waals surface area contributed by atoms with Gasteiger partial charge >= 0.3 is 12.2 Å². The molecule has 0 fully saturated rings. The lowest BCUT2D eigenvalue weighted by atomic mass is 10.1. The van der Waals surface area contributed by atoms with Crippen LogP contribution in [0.25, 0.3) is 16.5 Å². The van der Waals surface area contributed by atoms with Gasteiger partial charge in [0.2, 0.25) is 0 Å². The minimum Gasteiger partial charge on any atom is -0.376 e. The van der Waals surface area contributed by atoms with E-state index in [1.807, 2.05) is 4.72 Å². The van der Waals surface area contributed by atoms with Gasteiger partial charge in [-0.15, -0.1) is 11.3 Å². The van der Waals surface area contributed by atoms with Crippen LogP contribution in [0.1, 0.15) is 0 Å². The molecular formula is C22H15Cl2F3N4O4S2. The van der Waals surface area contributed by atoms with Crippen LogP contribution in [0.15, 0.2) is 69.8 Å². The highest BCUT2D eigenvalue weighted by Crippen LogP contribution is 2.27. The summed E-state index contributed by atoms with van der Waals surface area (Å²) >= 11 is 12.9. The molecule has 0 radical (unpaired) electrons. The predicted octanol–water partition coefficient (Wildman–Crippen LogP) is 5.84. The summed E-state index contributed by atoms with van der Waals surface area (Å²) in [6.07, 6.45) is -2.97. The van der Waals surface area contributed by atoms with E-state index in [4.69, 9.17) is 23.2 Å². The normalized spacial score (nSPS) is 11.9. The molecule has 4 aromatic rings. The second-order valence-corrected chi connectivity index (χ2v) is 11.6. The molecule has 4 rings (SSSR count). The Kier molecular flexibility index (Phi) is 7.42. The Morgan fingerprint density at radius 1 is 1.00 bits per heavy atom. The third-order valence-corrected chi connectivity index (χ3v) is 8.26. The number of amides is 2. The van der Waals surface area contributed by atoms with Crippen LogP contribution in [-0.2, 0) is 10.0 Å². The highest BCUT2D eigenvalue weighted by atomic mass is 35.5. The van der Waals surface area contributed by atoms with Crippen molar-refractivity contribution in [2.45, 2.75) is 10.4 Å². The molecule has 2 aromatic heterocycles. The number of aromatic nitrogens is 1. The number of hydrogen-bond donors (Lipinski definition) is 3. The molecular weight excluding hydrogens is 576 g/mol. The van der Waals surface area contributed by atoms with Gasteiger partial charge in [-0.2, -0.15) is 13.2 Å². The van der Waals surface area contributed by atoms with Crippen molar-refractivity contribution >= 4 is 72.7 Å². The third-order valence-electron chi connectivity index (χ3n) is 4.90. The number of fused-ring (bicyclic) bond motifs is 1. The molecule has 0 saturated carbocycles. The van der Waals surface area contributed by atoms with Gasteiger partial charge in [-0.1, -0.05) is 23.2 Å². The highest BCUT2D eigenvalue weighted by Gasteiger charge is 2.26. The quantitative estimate of drug-likeness (QED) is 0.261. The summed E-state index contributed by atoms with van der Waals surface area (Å²) in [5, 5.41) is 5.35. The van der Waals surface area contributed by atoms with E-state index in [0.29, 0.717) is 5.39 Å². The van der Waals surface area contributed by atoms with Crippen molar-refractivity contribution in [3.8, 4) is 5.69 Å². The number of pyridine rings is 1. The first-order valence-electron chi connectivity index (χ1n) is 10.2. The lowest BCUT2D eigenvalue weighted by Gasteiger charge is -2.13. The van der Waals surface area contributed by atoms with Crippen LogP contribution < -0.4 is 20.9 Å². The van der Waals surface area contributed by atoms with Gasteiger partial charge in [-0.3, -0.25) is 9.36 Å². The number of sulfonamides is 1. The predicted molar refractivity (Wildman–Crippen MR) is 138 cm³/mol. The Hall–Kier alpha value is -3.26. The largest absolute Gasteiger partial charge is 0.405 e. The standard InChI is InChI=1S/C22H15Cl2F3N4O4S2/c23-16-10-14(29-21(33)30-37(34,35)19-6-5-18(24)36-19)2-4-17(16)31-8-7-12-9-13(28-11-22(25,26)27)1-3-15(12)20(31)32/h1-10,28H,11H2,(H2,29,30,33). The van der Waals surface area contributed by atoms with Crippen molar-refractivity contribution in [2.24, 2.45) is 0 Å². The number of carbonyl (C=O) groups is 1. The van der Waals surface area contributed by atoms with Crippen LogP contribution in [0.5, 0.6) is 0 Å². The fraction of sp³-hybridized carbons (Fsp3) is 0.0909. The van der Waals surface area contributed by atoms with Gasteiger partial charge in [0.05, 0.1) is 15.0 Å². The molecule has 0 atom stereocenters. The number of thiophene rings is 1. The molecule has 0 aliphatic rings. The van der Waals surface area contributed by atoms with Gasteiger partial charge in [-0.05, 0) is 60.0 Å². The van der Waals surface area contributed by atoms with Crippen LogP contribution in [0.3, 0.4) is 0 Å². The van der Waals surface area contributed by atoms with E-state index in [-0.39, 0.29) is 36.0 Å². The summed E-state index contributed by atoms with van der Waals surface area (Å²) < 4.78 is 65.1. The summed E-state index contributed by atoms with van der Waals surface area (Å²) in [5.74, 6) is 0. The van der Waals surface area contributed by atoms with Gasteiger partial charge in [0.25, 0.3) is 15.6 Å². The highest BCUT2D eigenvalue weighted by molar-refractivity contribution is 7.92. The molecule has 194 valence electrons. The summed E-state index contributed by atoms with van der Waals surface area (Å²) in [6, 6.07) is 11.5.